The Morgan fingerprint density at radius 3 is 2.24 bits per heavy atom. The van der Waals surface area contributed by atoms with Gasteiger partial charge in [0.15, 0.2) is 0 Å². The van der Waals surface area contributed by atoms with Crippen LogP contribution in [0.25, 0.3) is 0 Å². The molecular weight excluding hydrogens is 320 g/mol. The number of nitrogens with one attached hydrogen (secondary N) is 2. The maximum Gasteiger partial charge on any atom is 0.340 e. The maximum atomic E-state index is 12.3. The molecule has 0 bridgehead atoms. The number of benzene rings is 2. The Balaban J connectivity index is 2.13. The zero-order valence-corrected chi connectivity index (χ0v) is 14.5. The Morgan fingerprint density at radius 2 is 1.56 bits per heavy atom. The first-order valence-corrected chi connectivity index (χ1v) is 8.11. The lowest BCUT2D eigenvalue weighted by atomic mass is 10.2. The number of carbonyl (C=O) groups is 2. The lowest BCUT2D eigenvalue weighted by Crippen LogP contribution is -2.22. The second-order valence-electron chi connectivity index (χ2n) is 5.51. The van der Waals surface area contributed by atoms with E-state index in [-0.39, 0.29) is 12.7 Å². The number of hydrogen-bond donors (Lipinski definition) is 2. The second-order valence-corrected chi connectivity index (χ2v) is 5.51. The highest BCUT2D eigenvalue weighted by atomic mass is 16.5. The van der Waals surface area contributed by atoms with Crippen molar-refractivity contribution in [1.29, 1.82) is 0 Å². The summed E-state index contributed by atoms with van der Waals surface area (Å²) in [6.07, 6.45) is -0.0180. The van der Waals surface area contributed by atoms with Crippen molar-refractivity contribution >= 4 is 23.4 Å². The van der Waals surface area contributed by atoms with E-state index in [4.69, 9.17) is 9.47 Å². The predicted molar refractivity (Wildman–Crippen MR) is 97.2 cm³/mol. The van der Waals surface area contributed by atoms with Crippen molar-refractivity contribution in [3.8, 4) is 5.75 Å². The van der Waals surface area contributed by atoms with Crippen LogP contribution in [0.4, 0.5) is 16.2 Å². The molecule has 0 atom stereocenters. The number of ether oxygens (including phenoxy) is 2. The third-order valence-electron chi connectivity index (χ3n) is 3.17. The quantitative estimate of drug-likeness (QED) is 0.768. The van der Waals surface area contributed by atoms with Crippen LogP contribution in [0.1, 0.15) is 31.1 Å². The van der Waals surface area contributed by atoms with E-state index in [0.717, 1.165) is 0 Å². The molecule has 0 aliphatic heterocycles. The SMILES string of the molecule is CCOC(=O)c1ccccc1NC(=O)Nc1ccccc1OC(C)C. The third kappa shape index (κ3) is 5.24. The normalized spacial score (nSPS) is 10.2. The highest BCUT2D eigenvalue weighted by Crippen LogP contribution is 2.25. The average Bonchev–Trinajstić information content (AvgIpc) is 2.57. The lowest BCUT2D eigenvalue weighted by molar-refractivity contribution is 0.0527. The van der Waals surface area contributed by atoms with Crippen molar-refractivity contribution in [3.63, 3.8) is 0 Å². The number of esters is 1. The molecule has 25 heavy (non-hydrogen) atoms. The first kappa shape index (κ1) is 18.3. The Kier molecular flexibility index (Phi) is 6.39. The molecule has 2 aromatic rings. The van der Waals surface area contributed by atoms with Crippen LogP contribution in [-0.2, 0) is 4.74 Å². The van der Waals surface area contributed by atoms with Crippen LogP contribution in [0.2, 0.25) is 0 Å². The van der Waals surface area contributed by atoms with Gasteiger partial charge in [-0.3, -0.25) is 0 Å². The molecule has 0 aromatic heterocycles. The molecule has 2 aromatic carbocycles. The summed E-state index contributed by atoms with van der Waals surface area (Å²) < 4.78 is 10.7. The van der Waals surface area contributed by atoms with Crippen molar-refractivity contribution in [2.45, 2.75) is 26.9 Å². The van der Waals surface area contributed by atoms with Crippen LogP contribution in [0.5, 0.6) is 5.75 Å². The zero-order chi connectivity index (χ0) is 18.2. The summed E-state index contributed by atoms with van der Waals surface area (Å²) in [5, 5.41) is 5.41. The molecule has 2 rings (SSSR count). The van der Waals surface area contributed by atoms with E-state index >= 15 is 0 Å². The van der Waals surface area contributed by atoms with Crippen molar-refractivity contribution in [1.82, 2.24) is 0 Å². The summed E-state index contributed by atoms with van der Waals surface area (Å²) in [6.45, 7) is 5.81. The molecule has 132 valence electrons. The molecule has 2 N–H and O–H groups in total. The van der Waals surface area contributed by atoms with Crippen molar-refractivity contribution < 1.29 is 19.1 Å². The van der Waals surface area contributed by atoms with E-state index in [1.165, 1.54) is 0 Å². The molecule has 0 saturated heterocycles. The molecule has 0 spiro atoms. The molecule has 0 unspecified atom stereocenters. The van der Waals surface area contributed by atoms with Gasteiger partial charge in [0, 0.05) is 0 Å². The minimum absolute atomic E-state index is 0.0180. The van der Waals surface area contributed by atoms with E-state index in [2.05, 4.69) is 10.6 Å². The third-order valence-corrected chi connectivity index (χ3v) is 3.17. The molecule has 0 aliphatic carbocycles. The summed E-state index contributed by atoms with van der Waals surface area (Å²) in [7, 11) is 0. The van der Waals surface area contributed by atoms with Gasteiger partial charge in [0.25, 0.3) is 0 Å². The number of urea groups is 1. The first-order valence-electron chi connectivity index (χ1n) is 8.11. The standard InChI is InChI=1S/C19H22N2O4/c1-4-24-18(22)14-9-5-6-10-15(14)20-19(23)21-16-11-7-8-12-17(16)25-13(2)3/h5-13H,4H2,1-3H3,(H2,20,21,23). The number of carbonyl (C=O) groups excluding carboxylic acids is 2. The topological polar surface area (TPSA) is 76.7 Å². The van der Waals surface area contributed by atoms with Gasteiger partial charge in [-0.2, -0.15) is 0 Å². The Labute approximate surface area is 147 Å². The Morgan fingerprint density at radius 1 is 0.960 bits per heavy atom. The fourth-order valence-corrected chi connectivity index (χ4v) is 2.18. The highest BCUT2D eigenvalue weighted by Gasteiger charge is 2.15. The second kappa shape index (κ2) is 8.73. The predicted octanol–water partition coefficient (Wildman–Crippen LogP) is 4.29. The summed E-state index contributed by atoms with van der Waals surface area (Å²) in [4.78, 5) is 24.3. The summed E-state index contributed by atoms with van der Waals surface area (Å²) in [5.41, 5.74) is 1.22. The van der Waals surface area contributed by atoms with Crippen LogP contribution in [0.15, 0.2) is 48.5 Å². The van der Waals surface area contributed by atoms with Gasteiger partial charge < -0.3 is 20.1 Å². The molecule has 0 aliphatic rings. The van der Waals surface area contributed by atoms with E-state index < -0.39 is 12.0 Å². The molecular formula is C19H22N2O4. The largest absolute Gasteiger partial charge is 0.489 e. The van der Waals surface area contributed by atoms with Gasteiger partial charge >= 0.3 is 12.0 Å². The van der Waals surface area contributed by atoms with Gasteiger partial charge in [-0.05, 0) is 45.0 Å². The van der Waals surface area contributed by atoms with E-state index in [0.29, 0.717) is 22.7 Å². The molecule has 6 nitrogen and oxygen atoms in total. The van der Waals surface area contributed by atoms with Gasteiger partial charge in [0.2, 0.25) is 0 Å². The summed E-state index contributed by atoms with van der Waals surface area (Å²) in [6, 6.07) is 13.4. The van der Waals surface area contributed by atoms with Crippen molar-refractivity contribution in [2.24, 2.45) is 0 Å². The lowest BCUT2D eigenvalue weighted by Gasteiger charge is -2.15. The zero-order valence-electron chi connectivity index (χ0n) is 14.5. The fourth-order valence-electron chi connectivity index (χ4n) is 2.18. The molecule has 6 heteroatoms. The van der Waals surface area contributed by atoms with Crippen LogP contribution in [0, 0.1) is 0 Å². The molecule has 0 fully saturated rings. The van der Waals surface area contributed by atoms with Gasteiger partial charge in [0.1, 0.15) is 5.75 Å². The molecule has 2 amide bonds. The molecule has 0 radical (unpaired) electrons. The maximum absolute atomic E-state index is 12.3. The molecule has 0 heterocycles. The number of para-hydroxylation sites is 3. The summed E-state index contributed by atoms with van der Waals surface area (Å²) >= 11 is 0. The van der Waals surface area contributed by atoms with E-state index in [1.54, 1.807) is 49.4 Å². The van der Waals surface area contributed by atoms with Gasteiger partial charge in [-0.15, -0.1) is 0 Å². The average molecular weight is 342 g/mol. The van der Waals surface area contributed by atoms with Crippen LogP contribution in [-0.4, -0.2) is 24.7 Å². The van der Waals surface area contributed by atoms with Crippen molar-refractivity contribution in [2.75, 3.05) is 17.2 Å². The summed E-state index contributed by atoms with van der Waals surface area (Å²) in [5.74, 6) is 0.0910. The minimum atomic E-state index is -0.484. The van der Waals surface area contributed by atoms with E-state index in [1.807, 2.05) is 19.9 Å². The highest BCUT2D eigenvalue weighted by molar-refractivity contribution is 6.05. The van der Waals surface area contributed by atoms with Crippen molar-refractivity contribution in [3.05, 3.63) is 54.1 Å². The Hall–Kier alpha value is -3.02. The minimum Gasteiger partial charge on any atom is -0.489 e. The smallest absolute Gasteiger partial charge is 0.340 e. The number of amides is 2. The van der Waals surface area contributed by atoms with Crippen LogP contribution < -0.4 is 15.4 Å². The van der Waals surface area contributed by atoms with Gasteiger partial charge in [-0.1, -0.05) is 24.3 Å². The number of rotatable bonds is 6. The first-order chi connectivity index (χ1) is 12.0. The van der Waals surface area contributed by atoms with E-state index in [9.17, 15) is 9.59 Å². The monoisotopic (exact) mass is 342 g/mol. The van der Waals surface area contributed by atoms with Crippen LogP contribution in [0.3, 0.4) is 0 Å². The number of hydrogen-bond acceptors (Lipinski definition) is 4. The fraction of sp³-hybridized carbons (Fsp3) is 0.263. The van der Waals surface area contributed by atoms with Gasteiger partial charge in [-0.25, -0.2) is 9.59 Å². The van der Waals surface area contributed by atoms with Gasteiger partial charge in [0.05, 0.1) is 29.6 Å². The number of anilines is 2. The molecule has 0 saturated carbocycles. The van der Waals surface area contributed by atoms with Crippen LogP contribution >= 0.6 is 0 Å². The Bertz CT molecular complexity index is 744.